The quantitative estimate of drug-likeness (QED) is 0.334. The molecule has 0 saturated carbocycles. The summed E-state index contributed by atoms with van der Waals surface area (Å²) in [5, 5.41) is 10.1. The molecule has 0 heterocycles. The van der Waals surface area contributed by atoms with Crippen LogP contribution < -0.4 is 4.74 Å². The molecular weight excluding hydrogens is 408 g/mol. The normalized spacial score (nSPS) is 11.2. The van der Waals surface area contributed by atoms with E-state index >= 15 is 0 Å². The minimum Gasteiger partial charge on any atom is -0.489 e. The number of nitriles is 1. The van der Waals surface area contributed by atoms with Gasteiger partial charge in [0.05, 0.1) is 6.07 Å². The molecule has 0 aliphatic carbocycles. The number of nitrogens with zero attached hydrogens (tertiary/aromatic N) is 2. The maximum absolute atomic E-state index is 13.4. The van der Waals surface area contributed by atoms with Crippen molar-refractivity contribution in [3.63, 3.8) is 0 Å². The number of benzene rings is 4. The first-order valence-corrected chi connectivity index (χ1v) is 10.8. The topological polar surface area (TPSA) is 53.3 Å². The van der Waals surface area contributed by atoms with Crippen LogP contribution in [0.3, 0.4) is 0 Å². The first kappa shape index (κ1) is 21.9. The molecule has 33 heavy (non-hydrogen) atoms. The van der Waals surface area contributed by atoms with Crippen molar-refractivity contribution in [2.45, 2.75) is 19.2 Å². The minimum absolute atomic E-state index is 0.185. The summed E-state index contributed by atoms with van der Waals surface area (Å²) in [4.78, 5) is 15.0. The second kappa shape index (κ2) is 10.8. The van der Waals surface area contributed by atoms with Crippen LogP contribution in [-0.4, -0.2) is 10.8 Å². The summed E-state index contributed by atoms with van der Waals surface area (Å²) in [6.07, 6.45) is 0. The van der Waals surface area contributed by atoms with Crippen LogP contribution in [0.2, 0.25) is 0 Å². The van der Waals surface area contributed by atoms with Gasteiger partial charge in [-0.05, 0) is 41.0 Å². The Labute approximate surface area is 194 Å². The van der Waals surface area contributed by atoms with Gasteiger partial charge in [-0.15, -0.1) is 0 Å². The Kier molecular flexibility index (Phi) is 7.15. The molecule has 4 heteroatoms. The van der Waals surface area contributed by atoms with E-state index in [1.54, 1.807) is 17.0 Å². The zero-order valence-corrected chi connectivity index (χ0v) is 18.2. The molecule has 0 spiro atoms. The van der Waals surface area contributed by atoms with Crippen LogP contribution in [-0.2, 0) is 13.2 Å². The molecule has 0 bridgehead atoms. The van der Waals surface area contributed by atoms with E-state index < -0.39 is 6.04 Å². The fraction of sp³-hybridized carbons (Fsp3) is 0.103. The van der Waals surface area contributed by atoms with E-state index in [0.717, 1.165) is 16.7 Å². The highest BCUT2D eigenvalue weighted by Gasteiger charge is 2.26. The molecule has 4 nitrogen and oxygen atoms in total. The molecule has 0 unspecified atom stereocenters. The number of carbonyl (C=O) groups excluding carboxylic acids is 1. The average molecular weight is 433 g/mol. The van der Waals surface area contributed by atoms with Gasteiger partial charge in [0.2, 0.25) is 0 Å². The number of amides is 1. The van der Waals surface area contributed by atoms with Crippen molar-refractivity contribution in [1.29, 1.82) is 5.26 Å². The molecule has 1 atom stereocenters. The first-order valence-electron chi connectivity index (χ1n) is 10.8. The molecular formula is C29H24N2O2. The molecule has 0 aromatic heterocycles. The molecule has 1 amide bonds. The lowest BCUT2D eigenvalue weighted by Crippen LogP contribution is -2.34. The summed E-state index contributed by atoms with van der Waals surface area (Å²) in [5.74, 6) is 0.527. The zero-order chi connectivity index (χ0) is 22.9. The minimum atomic E-state index is -0.735. The Morgan fingerprint density at radius 1 is 0.758 bits per heavy atom. The molecule has 0 aliphatic rings. The Balaban J connectivity index is 1.56. The fourth-order valence-electron chi connectivity index (χ4n) is 3.62. The summed E-state index contributed by atoms with van der Waals surface area (Å²) in [5.41, 5.74) is 3.34. The molecule has 0 fully saturated rings. The van der Waals surface area contributed by atoms with E-state index in [0.29, 0.717) is 24.5 Å². The third kappa shape index (κ3) is 5.66. The van der Waals surface area contributed by atoms with Crippen LogP contribution in [0.5, 0.6) is 5.75 Å². The Hall–Kier alpha value is -4.36. The van der Waals surface area contributed by atoms with Crippen LogP contribution in [0.25, 0.3) is 0 Å². The van der Waals surface area contributed by atoms with E-state index in [4.69, 9.17) is 4.74 Å². The number of rotatable bonds is 8. The summed E-state index contributed by atoms with van der Waals surface area (Å²) >= 11 is 0. The fourth-order valence-corrected chi connectivity index (χ4v) is 3.62. The van der Waals surface area contributed by atoms with E-state index in [1.807, 2.05) is 103 Å². The molecule has 4 aromatic rings. The Morgan fingerprint density at radius 3 is 1.88 bits per heavy atom. The van der Waals surface area contributed by atoms with Crippen LogP contribution in [0.4, 0.5) is 0 Å². The maximum Gasteiger partial charge on any atom is 0.255 e. The largest absolute Gasteiger partial charge is 0.489 e. The number of hydrogen-bond donors (Lipinski definition) is 0. The van der Waals surface area contributed by atoms with Crippen molar-refractivity contribution >= 4 is 5.91 Å². The van der Waals surface area contributed by atoms with Gasteiger partial charge in [-0.25, -0.2) is 0 Å². The highest BCUT2D eigenvalue weighted by Crippen LogP contribution is 2.27. The predicted octanol–water partition coefficient (Wildman–Crippen LogP) is 6.17. The highest BCUT2D eigenvalue weighted by atomic mass is 16.5. The SMILES string of the molecule is N#C[C@@H](c1ccc(OCc2ccccc2)cc1)N(Cc1ccccc1)C(=O)c1ccccc1. The molecule has 0 radical (unpaired) electrons. The van der Waals surface area contributed by atoms with Crippen molar-refractivity contribution in [2.75, 3.05) is 0 Å². The molecule has 4 rings (SSSR count). The Morgan fingerprint density at radius 2 is 1.30 bits per heavy atom. The number of carbonyl (C=O) groups is 1. The lowest BCUT2D eigenvalue weighted by molar-refractivity contribution is 0.0701. The van der Waals surface area contributed by atoms with Gasteiger partial charge in [0.1, 0.15) is 18.4 Å². The third-order valence-corrected chi connectivity index (χ3v) is 5.36. The van der Waals surface area contributed by atoms with Crippen LogP contribution in [0, 0.1) is 11.3 Å². The maximum atomic E-state index is 13.4. The molecule has 0 N–H and O–H groups in total. The van der Waals surface area contributed by atoms with Gasteiger partial charge in [0.25, 0.3) is 5.91 Å². The van der Waals surface area contributed by atoms with Crippen molar-refractivity contribution < 1.29 is 9.53 Å². The molecule has 162 valence electrons. The van der Waals surface area contributed by atoms with Gasteiger partial charge in [-0.3, -0.25) is 4.79 Å². The van der Waals surface area contributed by atoms with Gasteiger partial charge in [0.15, 0.2) is 0 Å². The smallest absolute Gasteiger partial charge is 0.255 e. The third-order valence-electron chi connectivity index (χ3n) is 5.36. The van der Waals surface area contributed by atoms with Crippen molar-refractivity contribution in [3.05, 3.63) is 138 Å². The lowest BCUT2D eigenvalue weighted by Gasteiger charge is -2.28. The van der Waals surface area contributed by atoms with Crippen LogP contribution >= 0.6 is 0 Å². The predicted molar refractivity (Wildman–Crippen MR) is 128 cm³/mol. The van der Waals surface area contributed by atoms with Crippen molar-refractivity contribution in [3.8, 4) is 11.8 Å². The second-order valence-electron chi connectivity index (χ2n) is 7.66. The monoisotopic (exact) mass is 432 g/mol. The van der Waals surface area contributed by atoms with Gasteiger partial charge in [-0.2, -0.15) is 5.26 Å². The summed E-state index contributed by atoms with van der Waals surface area (Å²) in [6, 6.07) is 37.7. The number of ether oxygens (including phenoxy) is 1. The zero-order valence-electron chi connectivity index (χ0n) is 18.2. The summed E-state index contributed by atoms with van der Waals surface area (Å²) < 4.78 is 5.87. The second-order valence-corrected chi connectivity index (χ2v) is 7.66. The van der Waals surface area contributed by atoms with Crippen molar-refractivity contribution in [2.24, 2.45) is 0 Å². The molecule has 4 aromatic carbocycles. The van der Waals surface area contributed by atoms with E-state index in [1.165, 1.54) is 0 Å². The van der Waals surface area contributed by atoms with Crippen LogP contribution in [0.1, 0.15) is 33.1 Å². The highest BCUT2D eigenvalue weighted by molar-refractivity contribution is 5.94. The summed E-state index contributed by atoms with van der Waals surface area (Å²) in [6.45, 7) is 0.799. The Bertz CT molecular complexity index is 1200. The van der Waals surface area contributed by atoms with Gasteiger partial charge in [-0.1, -0.05) is 91.0 Å². The van der Waals surface area contributed by atoms with E-state index in [2.05, 4.69) is 6.07 Å². The van der Waals surface area contributed by atoms with Crippen LogP contribution in [0.15, 0.2) is 115 Å². The molecule has 0 saturated heterocycles. The average Bonchev–Trinajstić information content (AvgIpc) is 2.89. The van der Waals surface area contributed by atoms with Gasteiger partial charge >= 0.3 is 0 Å². The van der Waals surface area contributed by atoms with Crippen molar-refractivity contribution in [1.82, 2.24) is 4.90 Å². The van der Waals surface area contributed by atoms with Gasteiger partial charge < -0.3 is 9.64 Å². The number of hydrogen-bond acceptors (Lipinski definition) is 3. The summed E-state index contributed by atoms with van der Waals surface area (Å²) in [7, 11) is 0. The molecule has 0 aliphatic heterocycles. The van der Waals surface area contributed by atoms with E-state index in [-0.39, 0.29) is 5.91 Å². The lowest BCUT2D eigenvalue weighted by atomic mass is 10.0. The standard InChI is InChI=1S/C29H24N2O2/c30-20-28(25-16-18-27(19-17-25)33-22-24-12-6-2-7-13-24)31(21-23-10-4-1-5-11-23)29(32)26-14-8-3-9-15-26/h1-19,28H,21-22H2/t28-/m0/s1. The van der Waals surface area contributed by atoms with E-state index in [9.17, 15) is 10.1 Å². The van der Waals surface area contributed by atoms with Gasteiger partial charge in [0, 0.05) is 12.1 Å². The first-order chi connectivity index (χ1) is 16.2.